The Kier molecular flexibility index (Phi) is 34.1. The summed E-state index contributed by atoms with van der Waals surface area (Å²) in [7, 11) is 0. The summed E-state index contributed by atoms with van der Waals surface area (Å²) >= 11 is 0. The fourth-order valence-electron chi connectivity index (χ4n) is 5.87. The SMILES string of the molecule is CCCCCC/C=C\CCCCCCCCC(=O)OC(CCCC)CCCCCCCCCCCCCCCCC(=O)O. The molecule has 1 unspecified atom stereocenters. The van der Waals surface area contributed by atoms with Gasteiger partial charge in [-0.1, -0.05) is 161 Å². The first kappa shape index (κ1) is 41.7. The third kappa shape index (κ3) is 35.0. The Morgan fingerprint density at radius 2 is 0.860 bits per heavy atom. The minimum atomic E-state index is -0.666. The standard InChI is InChI=1S/C39H74O4/c1-3-5-7-8-9-10-11-12-17-20-23-26-29-32-36-39(42)43-37(33-6-4-2)34-30-27-24-21-18-15-13-14-16-19-22-25-28-31-35-38(40)41/h10-11,37H,3-9,12-36H2,1-2H3,(H,40,41)/b11-10-. The van der Waals surface area contributed by atoms with Gasteiger partial charge in [0.1, 0.15) is 6.10 Å². The lowest BCUT2D eigenvalue weighted by Crippen LogP contribution is -2.18. The Bertz CT molecular complexity index is 614. The van der Waals surface area contributed by atoms with Crippen LogP contribution in [-0.2, 0) is 14.3 Å². The van der Waals surface area contributed by atoms with Crippen molar-refractivity contribution in [2.75, 3.05) is 0 Å². The Morgan fingerprint density at radius 3 is 1.33 bits per heavy atom. The molecule has 0 aromatic heterocycles. The fourth-order valence-corrected chi connectivity index (χ4v) is 5.87. The molecule has 4 nitrogen and oxygen atoms in total. The molecule has 0 aliphatic heterocycles. The maximum Gasteiger partial charge on any atom is 0.306 e. The maximum absolute atomic E-state index is 12.5. The second-order valence-electron chi connectivity index (χ2n) is 13.1. The molecule has 43 heavy (non-hydrogen) atoms. The molecule has 0 aromatic rings. The summed E-state index contributed by atoms with van der Waals surface area (Å²) in [5.74, 6) is -0.635. The van der Waals surface area contributed by atoms with E-state index in [1.54, 1.807) is 0 Å². The minimum Gasteiger partial charge on any atom is -0.481 e. The number of carboxylic acid groups (broad SMARTS) is 1. The summed E-state index contributed by atoms with van der Waals surface area (Å²) in [5, 5.41) is 8.66. The van der Waals surface area contributed by atoms with Gasteiger partial charge >= 0.3 is 11.9 Å². The molecule has 0 radical (unpaired) electrons. The molecule has 0 amide bonds. The molecule has 0 saturated carbocycles. The van der Waals surface area contributed by atoms with Crippen LogP contribution >= 0.6 is 0 Å². The lowest BCUT2D eigenvalue weighted by atomic mass is 10.0. The van der Waals surface area contributed by atoms with Gasteiger partial charge in [-0.25, -0.2) is 0 Å². The largest absolute Gasteiger partial charge is 0.481 e. The smallest absolute Gasteiger partial charge is 0.306 e. The van der Waals surface area contributed by atoms with E-state index in [1.807, 2.05) is 0 Å². The quantitative estimate of drug-likeness (QED) is 0.0443. The average molecular weight is 607 g/mol. The van der Waals surface area contributed by atoms with Gasteiger partial charge in [0.25, 0.3) is 0 Å². The topological polar surface area (TPSA) is 63.6 Å². The predicted molar refractivity (Wildman–Crippen MR) is 186 cm³/mol. The highest BCUT2D eigenvalue weighted by molar-refractivity contribution is 5.69. The molecule has 0 aliphatic rings. The van der Waals surface area contributed by atoms with Gasteiger partial charge in [-0.3, -0.25) is 9.59 Å². The van der Waals surface area contributed by atoms with E-state index in [1.165, 1.54) is 141 Å². The normalized spacial score (nSPS) is 12.2. The Hall–Kier alpha value is -1.32. The number of hydrogen-bond acceptors (Lipinski definition) is 3. The summed E-state index contributed by atoms with van der Waals surface area (Å²) in [6.07, 6.45) is 42.8. The molecule has 0 fully saturated rings. The lowest BCUT2D eigenvalue weighted by Gasteiger charge is -2.18. The van der Waals surface area contributed by atoms with Crippen LogP contribution in [-0.4, -0.2) is 23.1 Å². The van der Waals surface area contributed by atoms with Crippen molar-refractivity contribution in [1.82, 2.24) is 0 Å². The van der Waals surface area contributed by atoms with Crippen LogP contribution in [0.25, 0.3) is 0 Å². The van der Waals surface area contributed by atoms with Gasteiger partial charge in [0.05, 0.1) is 0 Å². The van der Waals surface area contributed by atoms with Crippen molar-refractivity contribution in [2.24, 2.45) is 0 Å². The minimum absolute atomic E-state index is 0.0309. The highest BCUT2D eigenvalue weighted by atomic mass is 16.5. The number of hydrogen-bond donors (Lipinski definition) is 1. The van der Waals surface area contributed by atoms with E-state index in [0.29, 0.717) is 12.8 Å². The predicted octanol–water partition coefficient (Wildman–Crippen LogP) is 13.1. The average Bonchev–Trinajstić information content (AvgIpc) is 2.99. The summed E-state index contributed by atoms with van der Waals surface area (Å²) in [6.45, 7) is 4.48. The molecule has 254 valence electrons. The molecule has 0 aromatic carbocycles. The van der Waals surface area contributed by atoms with Gasteiger partial charge in [0.15, 0.2) is 0 Å². The van der Waals surface area contributed by atoms with Crippen molar-refractivity contribution in [2.45, 2.75) is 225 Å². The lowest BCUT2D eigenvalue weighted by molar-refractivity contribution is -0.150. The van der Waals surface area contributed by atoms with Crippen LogP contribution in [0.2, 0.25) is 0 Å². The number of carboxylic acids is 1. The summed E-state index contributed by atoms with van der Waals surface area (Å²) in [4.78, 5) is 23.0. The van der Waals surface area contributed by atoms with Crippen molar-refractivity contribution < 1.29 is 19.4 Å². The van der Waals surface area contributed by atoms with Crippen LogP contribution < -0.4 is 0 Å². The number of ether oxygens (including phenoxy) is 1. The van der Waals surface area contributed by atoms with Gasteiger partial charge in [-0.2, -0.15) is 0 Å². The van der Waals surface area contributed by atoms with Gasteiger partial charge < -0.3 is 9.84 Å². The van der Waals surface area contributed by atoms with Crippen molar-refractivity contribution in [3.05, 3.63) is 12.2 Å². The van der Waals surface area contributed by atoms with E-state index in [-0.39, 0.29) is 12.1 Å². The number of esters is 1. The zero-order valence-corrected chi connectivity index (χ0v) is 29.0. The van der Waals surface area contributed by atoms with E-state index in [0.717, 1.165) is 51.4 Å². The first-order chi connectivity index (χ1) is 21.1. The molecule has 4 heteroatoms. The number of carbonyl (C=O) groups is 2. The molecular weight excluding hydrogens is 532 g/mol. The zero-order chi connectivity index (χ0) is 31.5. The van der Waals surface area contributed by atoms with Crippen LogP contribution in [0.15, 0.2) is 12.2 Å². The van der Waals surface area contributed by atoms with Gasteiger partial charge in [-0.05, 0) is 57.8 Å². The van der Waals surface area contributed by atoms with Crippen molar-refractivity contribution in [1.29, 1.82) is 0 Å². The monoisotopic (exact) mass is 607 g/mol. The van der Waals surface area contributed by atoms with Crippen LogP contribution in [0.3, 0.4) is 0 Å². The molecule has 0 bridgehead atoms. The fraction of sp³-hybridized carbons (Fsp3) is 0.897. The Balaban J connectivity index is 3.62. The molecule has 1 N–H and O–H groups in total. The first-order valence-electron chi connectivity index (χ1n) is 19.2. The van der Waals surface area contributed by atoms with Crippen LogP contribution in [0.4, 0.5) is 0 Å². The number of rotatable bonds is 35. The molecule has 0 aliphatic carbocycles. The molecule has 0 spiro atoms. The molecule has 0 saturated heterocycles. The number of allylic oxidation sites excluding steroid dienone is 2. The second kappa shape index (κ2) is 35.2. The van der Waals surface area contributed by atoms with Crippen LogP contribution in [0.1, 0.15) is 219 Å². The van der Waals surface area contributed by atoms with E-state index in [2.05, 4.69) is 26.0 Å². The second-order valence-corrected chi connectivity index (χ2v) is 13.1. The van der Waals surface area contributed by atoms with Crippen molar-refractivity contribution in [3.63, 3.8) is 0 Å². The van der Waals surface area contributed by atoms with Crippen LogP contribution in [0.5, 0.6) is 0 Å². The van der Waals surface area contributed by atoms with Crippen molar-refractivity contribution >= 4 is 11.9 Å². The third-order valence-corrected chi connectivity index (χ3v) is 8.74. The van der Waals surface area contributed by atoms with E-state index in [4.69, 9.17) is 9.84 Å². The zero-order valence-electron chi connectivity index (χ0n) is 29.0. The number of carbonyl (C=O) groups excluding carboxylic acids is 1. The van der Waals surface area contributed by atoms with E-state index in [9.17, 15) is 9.59 Å². The molecule has 1 atom stereocenters. The van der Waals surface area contributed by atoms with Gasteiger partial charge in [0.2, 0.25) is 0 Å². The summed E-state index contributed by atoms with van der Waals surface area (Å²) in [5.41, 5.74) is 0. The van der Waals surface area contributed by atoms with E-state index >= 15 is 0 Å². The Labute approximate surface area is 268 Å². The highest BCUT2D eigenvalue weighted by Gasteiger charge is 2.13. The summed E-state index contributed by atoms with van der Waals surface area (Å²) < 4.78 is 5.92. The number of aliphatic carboxylic acids is 1. The summed E-state index contributed by atoms with van der Waals surface area (Å²) in [6, 6.07) is 0. The Morgan fingerprint density at radius 1 is 0.488 bits per heavy atom. The molecular formula is C39H74O4. The third-order valence-electron chi connectivity index (χ3n) is 8.74. The number of unbranched alkanes of at least 4 members (excludes halogenated alkanes) is 24. The molecule has 0 heterocycles. The van der Waals surface area contributed by atoms with Crippen LogP contribution in [0, 0.1) is 0 Å². The van der Waals surface area contributed by atoms with Gasteiger partial charge in [-0.15, -0.1) is 0 Å². The molecule has 0 rings (SSSR count). The van der Waals surface area contributed by atoms with Crippen molar-refractivity contribution in [3.8, 4) is 0 Å². The van der Waals surface area contributed by atoms with Gasteiger partial charge in [0, 0.05) is 12.8 Å². The highest BCUT2D eigenvalue weighted by Crippen LogP contribution is 2.18. The van der Waals surface area contributed by atoms with E-state index < -0.39 is 5.97 Å². The maximum atomic E-state index is 12.5. The first-order valence-corrected chi connectivity index (χ1v) is 19.2.